The number of hydrogen-bond donors (Lipinski definition) is 1. The van der Waals surface area contributed by atoms with Gasteiger partial charge in [-0.2, -0.15) is 0 Å². The maximum Gasteiger partial charge on any atom is 0.0624 e. The van der Waals surface area contributed by atoms with E-state index < -0.39 is 0 Å². The van der Waals surface area contributed by atoms with Crippen molar-refractivity contribution < 1.29 is 9.47 Å². The van der Waals surface area contributed by atoms with Crippen LogP contribution in [-0.2, 0) is 9.47 Å². The van der Waals surface area contributed by atoms with Gasteiger partial charge in [0.15, 0.2) is 0 Å². The Balaban J connectivity index is 2.12. The Morgan fingerprint density at radius 3 is 2.67 bits per heavy atom. The molecular weight excluding hydrogens is 190 g/mol. The second-order valence-electron chi connectivity index (χ2n) is 5.06. The van der Waals surface area contributed by atoms with E-state index in [1.165, 1.54) is 0 Å². The van der Waals surface area contributed by atoms with E-state index in [9.17, 15) is 0 Å². The molecule has 0 aromatic carbocycles. The first kappa shape index (κ1) is 12.9. The van der Waals surface area contributed by atoms with Gasteiger partial charge in [-0.3, -0.25) is 0 Å². The van der Waals surface area contributed by atoms with Gasteiger partial charge in [-0.05, 0) is 25.7 Å². The first-order valence-electron chi connectivity index (χ1n) is 6.04. The van der Waals surface area contributed by atoms with Crippen molar-refractivity contribution in [3.63, 3.8) is 0 Å². The highest BCUT2D eigenvalue weighted by atomic mass is 16.5. The quantitative estimate of drug-likeness (QED) is 0.735. The Kier molecular flexibility index (Phi) is 5.58. The predicted molar refractivity (Wildman–Crippen MR) is 61.8 cm³/mol. The standard InChI is InChI=1S/C12H25NO2/c1-9(2)6-10(3)15-8-12(13)11-4-5-14-7-11/h9-12H,4-8,13H2,1-3H3. The molecule has 0 spiro atoms. The van der Waals surface area contributed by atoms with Gasteiger partial charge in [0.05, 0.1) is 19.3 Å². The molecule has 0 aliphatic carbocycles. The molecule has 0 aromatic rings. The molecule has 15 heavy (non-hydrogen) atoms. The zero-order chi connectivity index (χ0) is 11.3. The van der Waals surface area contributed by atoms with Gasteiger partial charge in [0, 0.05) is 18.6 Å². The van der Waals surface area contributed by atoms with Crippen molar-refractivity contribution in [2.24, 2.45) is 17.6 Å². The van der Waals surface area contributed by atoms with Crippen LogP contribution in [0.15, 0.2) is 0 Å². The summed E-state index contributed by atoms with van der Waals surface area (Å²) in [5.74, 6) is 1.18. The van der Waals surface area contributed by atoms with Crippen LogP contribution in [0.5, 0.6) is 0 Å². The zero-order valence-corrected chi connectivity index (χ0v) is 10.2. The van der Waals surface area contributed by atoms with E-state index in [1.54, 1.807) is 0 Å². The maximum atomic E-state index is 6.05. The number of nitrogens with two attached hydrogens (primary N) is 1. The highest BCUT2D eigenvalue weighted by Crippen LogP contribution is 2.16. The van der Waals surface area contributed by atoms with Crippen molar-refractivity contribution in [1.29, 1.82) is 0 Å². The molecule has 0 saturated carbocycles. The van der Waals surface area contributed by atoms with Crippen molar-refractivity contribution in [2.45, 2.75) is 45.8 Å². The molecule has 90 valence electrons. The molecule has 1 aliphatic rings. The molecule has 1 saturated heterocycles. The third-order valence-electron chi connectivity index (χ3n) is 2.95. The Hall–Kier alpha value is -0.120. The van der Waals surface area contributed by atoms with E-state index in [0.29, 0.717) is 24.5 Å². The first-order valence-corrected chi connectivity index (χ1v) is 6.04. The molecule has 3 heteroatoms. The van der Waals surface area contributed by atoms with Crippen LogP contribution < -0.4 is 5.73 Å². The Bertz CT molecular complexity index is 167. The third kappa shape index (κ3) is 4.96. The fraction of sp³-hybridized carbons (Fsp3) is 1.00. The Morgan fingerprint density at radius 1 is 1.40 bits per heavy atom. The maximum absolute atomic E-state index is 6.05. The largest absolute Gasteiger partial charge is 0.381 e. The molecule has 0 aromatic heterocycles. The van der Waals surface area contributed by atoms with E-state index in [-0.39, 0.29) is 6.04 Å². The van der Waals surface area contributed by atoms with Crippen LogP contribution in [0.25, 0.3) is 0 Å². The van der Waals surface area contributed by atoms with E-state index in [0.717, 1.165) is 26.1 Å². The van der Waals surface area contributed by atoms with Crippen molar-refractivity contribution in [2.75, 3.05) is 19.8 Å². The average Bonchev–Trinajstić information content (AvgIpc) is 2.65. The molecule has 3 atom stereocenters. The van der Waals surface area contributed by atoms with Crippen LogP contribution in [0.2, 0.25) is 0 Å². The van der Waals surface area contributed by atoms with Crippen molar-refractivity contribution in [1.82, 2.24) is 0 Å². The lowest BCUT2D eigenvalue weighted by molar-refractivity contribution is 0.0327. The summed E-state index contributed by atoms with van der Waals surface area (Å²) >= 11 is 0. The minimum Gasteiger partial charge on any atom is -0.381 e. The minimum absolute atomic E-state index is 0.141. The van der Waals surface area contributed by atoms with Crippen LogP contribution in [0.1, 0.15) is 33.6 Å². The second-order valence-corrected chi connectivity index (χ2v) is 5.06. The normalized spacial score (nSPS) is 25.8. The van der Waals surface area contributed by atoms with Crippen LogP contribution in [0.3, 0.4) is 0 Å². The average molecular weight is 215 g/mol. The molecule has 3 nitrogen and oxygen atoms in total. The van der Waals surface area contributed by atoms with Crippen LogP contribution in [0.4, 0.5) is 0 Å². The summed E-state index contributed by atoms with van der Waals surface area (Å²) < 4.78 is 11.1. The fourth-order valence-corrected chi connectivity index (χ4v) is 2.03. The third-order valence-corrected chi connectivity index (χ3v) is 2.95. The number of rotatable bonds is 6. The summed E-state index contributed by atoms with van der Waals surface area (Å²) in [7, 11) is 0. The minimum atomic E-state index is 0.141. The summed E-state index contributed by atoms with van der Waals surface area (Å²) in [4.78, 5) is 0. The summed E-state index contributed by atoms with van der Waals surface area (Å²) in [6.45, 7) is 8.89. The van der Waals surface area contributed by atoms with E-state index in [1.807, 2.05) is 0 Å². The fourth-order valence-electron chi connectivity index (χ4n) is 2.03. The lowest BCUT2D eigenvalue weighted by atomic mass is 10.0. The second kappa shape index (κ2) is 6.46. The monoisotopic (exact) mass is 215 g/mol. The molecule has 1 rings (SSSR count). The lowest BCUT2D eigenvalue weighted by Gasteiger charge is -2.21. The molecule has 2 N–H and O–H groups in total. The molecule has 0 bridgehead atoms. The van der Waals surface area contributed by atoms with Gasteiger partial charge in [0.25, 0.3) is 0 Å². The van der Waals surface area contributed by atoms with Gasteiger partial charge >= 0.3 is 0 Å². The lowest BCUT2D eigenvalue weighted by Crippen LogP contribution is -2.36. The van der Waals surface area contributed by atoms with Crippen molar-refractivity contribution >= 4 is 0 Å². The molecular formula is C12H25NO2. The molecule has 0 radical (unpaired) electrons. The smallest absolute Gasteiger partial charge is 0.0624 e. The predicted octanol–water partition coefficient (Wildman–Crippen LogP) is 1.80. The van der Waals surface area contributed by atoms with E-state index >= 15 is 0 Å². The van der Waals surface area contributed by atoms with E-state index in [4.69, 9.17) is 15.2 Å². The molecule has 1 aliphatic heterocycles. The highest BCUT2D eigenvalue weighted by molar-refractivity contribution is 4.76. The van der Waals surface area contributed by atoms with Crippen LogP contribution in [-0.4, -0.2) is 32.0 Å². The topological polar surface area (TPSA) is 44.5 Å². The van der Waals surface area contributed by atoms with Gasteiger partial charge in [0.1, 0.15) is 0 Å². The van der Waals surface area contributed by atoms with Gasteiger partial charge in [-0.15, -0.1) is 0 Å². The van der Waals surface area contributed by atoms with Crippen molar-refractivity contribution in [3.05, 3.63) is 0 Å². The molecule has 0 amide bonds. The van der Waals surface area contributed by atoms with Crippen molar-refractivity contribution in [3.8, 4) is 0 Å². The van der Waals surface area contributed by atoms with Gasteiger partial charge < -0.3 is 15.2 Å². The summed E-state index contributed by atoms with van der Waals surface area (Å²) in [5.41, 5.74) is 6.05. The number of ether oxygens (including phenoxy) is 2. The summed E-state index contributed by atoms with van der Waals surface area (Å²) in [6.07, 6.45) is 2.51. The van der Waals surface area contributed by atoms with Crippen LogP contribution >= 0.6 is 0 Å². The zero-order valence-electron chi connectivity index (χ0n) is 10.2. The van der Waals surface area contributed by atoms with Crippen LogP contribution in [0, 0.1) is 11.8 Å². The van der Waals surface area contributed by atoms with Gasteiger partial charge in [-0.25, -0.2) is 0 Å². The highest BCUT2D eigenvalue weighted by Gasteiger charge is 2.23. The molecule has 3 unspecified atom stereocenters. The van der Waals surface area contributed by atoms with Gasteiger partial charge in [0.2, 0.25) is 0 Å². The molecule has 1 fully saturated rings. The number of hydrogen-bond acceptors (Lipinski definition) is 3. The molecule has 1 heterocycles. The van der Waals surface area contributed by atoms with E-state index in [2.05, 4.69) is 20.8 Å². The Labute approximate surface area is 93.3 Å². The first-order chi connectivity index (χ1) is 7.09. The SMILES string of the molecule is CC(C)CC(C)OCC(N)C1CCOC1. The summed E-state index contributed by atoms with van der Waals surface area (Å²) in [6, 6.07) is 0.141. The summed E-state index contributed by atoms with van der Waals surface area (Å²) in [5, 5.41) is 0. The Morgan fingerprint density at radius 2 is 2.13 bits per heavy atom. The van der Waals surface area contributed by atoms with Gasteiger partial charge in [-0.1, -0.05) is 13.8 Å².